The van der Waals surface area contributed by atoms with Gasteiger partial charge in [-0.05, 0) is 33.6 Å². The average molecular weight is 339 g/mol. The highest BCUT2D eigenvalue weighted by molar-refractivity contribution is 5.77. The van der Waals surface area contributed by atoms with Gasteiger partial charge in [-0.25, -0.2) is 14.7 Å². The molecule has 0 aromatic carbocycles. The zero-order chi connectivity index (χ0) is 17.7. The van der Waals surface area contributed by atoms with Crippen LogP contribution in [0.4, 0.5) is 4.79 Å². The Hall–Kier alpha value is -2.32. The number of likely N-dealkylation sites (tertiary alicyclic amines) is 1. The topological polar surface area (TPSA) is 120 Å². The molecule has 0 unspecified atom stereocenters. The van der Waals surface area contributed by atoms with Crippen molar-refractivity contribution in [3.8, 4) is 0 Å². The van der Waals surface area contributed by atoms with Crippen LogP contribution in [0.25, 0.3) is 0 Å². The van der Waals surface area contributed by atoms with Crippen molar-refractivity contribution in [3.63, 3.8) is 0 Å². The summed E-state index contributed by atoms with van der Waals surface area (Å²) < 4.78 is 5.12. The Morgan fingerprint density at radius 2 is 2.00 bits per heavy atom. The van der Waals surface area contributed by atoms with Crippen LogP contribution in [-0.2, 0) is 9.53 Å². The van der Waals surface area contributed by atoms with E-state index in [2.05, 4.69) is 20.5 Å². The molecule has 2 amide bonds. The Morgan fingerprint density at radius 3 is 2.54 bits per heavy atom. The fraction of sp³-hybridized carbons (Fsp3) is 0.733. The molecule has 2 heterocycles. The van der Waals surface area contributed by atoms with Crippen LogP contribution in [0.15, 0.2) is 4.79 Å². The molecule has 1 aliphatic heterocycles. The van der Waals surface area contributed by atoms with Crippen molar-refractivity contribution in [1.29, 1.82) is 0 Å². The van der Waals surface area contributed by atoms with E-state index < -0.39 is 11.7 Å². The molecule has 0 saturated carbocycles. The van der Waals surface area contributed by atoms with Gasteiger partial charge >= 0.3 is 11.8 Å². The molecule has 9 heteroatoms. The predicted molar refractivity (Wildman–Crippen MR) is 86.6 cm³/mol. The summed E-state index contributed by atoms with van der Waals surface area (Å²) in [5.41, 5.74) is -0.861. The van der Waals surface area contributed by atoms with Gasteiger partial charge in [-0.1, -0.05) is 0 Å². The normalized spacial score (nSPS) is 16.0. The van der Waals surface area contributed by atoms with E-state index in [4.69, 9.17) is 4.74 Å². The molecule has 1 aromatic rings. The molecule has 3 N–H and O–H groups in total. The second-order valence-electron chi connectivity index (χ2n) is 6.90. The van der Waals surface area contributed by atoms with E-state index in [0.29, 0.717) is 18.9 Å². The minimum Gasteiger partial charge on any atom is -0.444 e. The molecule has 9 nitrogen and oxygen atoms in total. The number of H-pyrrole nitrogens is 2. The summed E-state index contributed by atoms with van der Waals surface area (Å²) in [4.78, 5) is 39.2. The van der Waals surface area contributed by atoms with Crippen LogP contribution in [0.3, 0.4) is 0 Å². The van der Waals surface area contributed by atoms with Crippen molar-refractivity contribution in [2.45, 2.75) is 51.6 Å². The van der Waals surface area contributed by atoms with E-state index in [1.165, 1.54) is 0 Å². The molecule has 0 spiro atoms. The van der Waals surface area contributed by atoms with Crippen molar-refractivity contribution < 1.29 is 14.3 Å². The molecular formula is C15H25N5O4. The summed E-state index contributed by atoms with van der Waals surface area (Å²) in [6.45, 7) is 6.84. The lowest BCUT2D eigenvalue weighted by molar-refractivity contribution is -0.132. The number of ether oxygens (including phenoxy) is 1. The van der Waals surface area contributed by atoms with Gasteiger partial charge in [0.25, 0.3) is 0 Å². The van der Waals surface area contributed by atoms with Gasteiger partial charge in [0.1, 0.15) is 11.4 Å². The van der Waals surface area contributed by atoms with Gasteiger partial charge in [0.2, 0.25) is 5.91 Å². The largest absolute Gasteiger partial charge is 0.444 e. The monoisotopic (exact) mass is 339 g/mol. The summed E-state index contributed by atoms with van der Waals surface area (Å²) >= 11 is 0. The van der Waals surface area contributed by atoms with Crippen molar-refractivity contribution in [2.75, 3.05) is 19.6 Å². The van der Waals surface area contributed by atoms with Crippen molar-refractivity contribution in [1.82, 2.24) is 25.4 Å². The molecule has 1 fully saturated rings. The van der Waals surface area contributed by atoms with Crippen molar-refractivity contribution >= 4 is 12.0 Å². The van der Waals surface area contributed by atoms with E-state index in [1.54, 1.807) is 25.7 Å². The molecule has 0 aliphatic carbocycles. The lowest BCUT2D eigenvalue weighted by Crippen LogP contribution is -2.40. The molecule has 0 bridgehead atoms. The number of hydrogen-bond acceptors (Lipinski definition) is 5. The van der Waals surface area contributed by atoms with E-state index in [-0.39, 0.29) is 30.5 Å². The van der Waals surface area contributed by atoms with E-state index in [9.17, 15) is 14.4 Å². The van der Waals surface area contributed by atoms with Crippen LogP contribution in [-0.4, -0.2) is 57.3 Å². The summed E-state index contributed by atoms with van der Waals surface area (Å²) in [5, 5.41) is 8.89. The quantitative estimate of drug-likeness (QED) is 0.746. The Balaban J connectivity index is 1.69. The van der Waals surface area contributed by atoms with Gasteiger partial charge in [0, 0.05) is 32.0 Å². The van der Waals surface area contributed by atoms with Gasteiger partial charge in [-0.2, -0.15) is 5.10 Å². The molecule has 2 rings (SSSR count). The number of nitrogens with one attached hydrogen (secondary N) is 3. The fourth-order valence-corrected chi connectivity index (χ4v) is 2.62. The minimum absolute atomic E-state index is 0.0000277. The summed E-state index contributed by atoms with van der Waals surface area (Å²) in [5.74, 6) is 0.812. The molecule has 0 radical (unpaired) electrons. The maximum absolute atomic E-state index is 12.2. The SMILES string of the molecule is CC(C)(C)OC(=O)NCCC(=O)N1CCC(c2n[nH]c(=O)[nH]2)CC1. The van der Waals surface area contributed by atoms with Gasteiger partial charge in [-0.3, -0.25) is 9.78 Å². The third-order valence-electron chi connectivity index (χ3n) is 3.76. The molecule has 134 valence electrons. The highest BCUT2D eigenvalue weighted by Gasteiger charge is 2.25. The minimum atomic E-state index is -0.552. The van der Waals surface area contributed by atoms with Crippen molar-refractivity contribution in [3.05, 3.63) is 16.3 Å². The van der Waals surface area contributed by atoms with E-state index >= 15 is 0 Å². The number of piperidine rings is 1. The zero-order valence-electron chi connectivity index (χ0n) is 14.3. The molecule has 1 saturated heterocycles. The van der Waals surface area contributed by atoms with Crippen LogP contribution in [0.2, 0.25) is 0 Å². The fourth-order valence-electron chi connectivity index (χ4n) is 2.62. The number of aromatic nitrogens is 3. The van der Waals surface area contributed by atoms with Crippen LogP contribution < -0.4 is 11.0 Å². The number of rotatable bonds is 4. The van der Waals surface area contributed by atoms with E-state index in [0.717, 1.165) is 12.8 Å². The number of amides is 2. The van der Waals surface area contributed by atoms with Crippen LogP contribution in [0, 0.1) is 0 Å². The zero-order valence-corrected chi connectivity index (χ0v) is 14.3. The summed E-state index contributed by atoms with van der Waals surface area (Å²) in [7, 11) is 0. The molecule has 24 heavy (non-hydrogen) atoms. The molecular weight excluding hydrogens is 314 g/mol. The highest BCUT2D eigenvalue weighted by atomic mass is 16.6. The number of hydrogen-bond donors (Lipinski definition) is 3. The Bertz CT molecular complexity index is 622. The first-order valence-electron chi connectivity index (χ1n) is 8.14. The van der Waals surface area contributed by atoms with Gasteiger partial charge in [0.05, 0.1) is 0 Å². The van der Waals surface area contributed by atoms with Gasteiger partial charge < -0.3 is 15.0 Å². The Labute approximate surface area is 140 Å². The first-order chi connectivity index (χ1) is 11.2. The first kappa shape index (κ1) is 18.0. The maximum atomic E-state index is 12.2. The second-order valence-corrected chi connectivity index (χ2v) is 6.90. The van der Waals surface area contributed by atoms with Crippen molar-refractivity contribution in [2.24, 2.45) is 0 Å². The van der Waals surface area contributed by atoms with Crippen LogP contribution in [0.1, 0.15) is 51.8 Å². The van der Waals surface area contributed by atoms with Crippen LogP contribution >= 0.6 is 0 Å². The standard InChI is InChI=1S/C15H25N5O4/c1-15(2,3)24-14(23)16-7-4-11(21)20-8-5-10(6-9-20)12-17-13(22)19-18-12/h10H,4-9H2,1-3H3,(H,16,23)(H2,17,18,19,22). The number of carbonyl (C=O) groups is 2. The lowest BCUT2D eigenvalue weighted by atomic mass is 9.96. The van der Waals surface area contributed by atoms with Gasteiger partial charge in [-0.15, -0.1) is 0 Å². The van der Waals surface area contributed by atoms with E-state index in [1.807, 2.05) is 0 Å². The molecule has 1 aliphatic rings. The Morgan fingerprint density at radius 1 is 1.33 bits per heavy atom. The van der Waals surface area contributed by atoms with Crippen LogP contribution in [0.5, 0.6) is 0 Å². The highest BCUT2D eigenvalue weighted by Crippen LogP contribution is 2.24. The smallest absolute Gasteiger partial charge is 0.407 e. The maximum Gasteiger partial charge on any atom is 0.407 e. The number of carbonyl (C=O) groups excluding carboxylic acids is 2. The number of nitrogens with zero attached hydrogens (tertiary/aromatic N) is 2. The predicted octanol–water partition coefficient (Wildman–Crippen LogP) is 0.719. The average Bonchev–Trinajstić information content (AvgIpc) is 2.92. The second kappa shape index (κ2) is 7.50. The number of alkyl carbamates (subject to hydrolysis) is 1. The summed E-state index contributed by atoms with van der Waals surface area (Å²) in [6, 6.07) is 0. The third kappa shape index (κ3) is 5.39. The lowest BCUT2D eigenvalue weighted by Gasteiger charge is -2.31. The molecule has 1 aromatic heterocycles. The Kier molecular flexibility index (Phi) is 5.63. The third-order valence-corrected chi connectivity index (χ3v) is 3.76. The molecule has 0 atom stereocenters. The summed E-state index contributed by atoms with van der Waals surface area (Å²) in [6.07, 6.45) is 1.23. The number of aromatic amines is 2. The van der Waals surface area contributed by atoms with Gasteiger partial charge in [0.15, 0.2) is 0 Å². The first-order valence-corrected chi connectivity index (χ1v) is 8.14.